The predicted octanol–water partition coefficient (Wildman–Crippen LogP) is 1.68. The van der Waals surface area contributed by atoms with Crippen LogP contribution in [0.2, 0.25) is 0 Å². The van der Waals surface area contributed by atoms with Crippen LogP contribution < -0.4 is 10.2 Å². The van der Waals surface area contributed by atoms with Gasteiger partial charge in [0.05, 0.1) is 11.2 Å². The van der Waals surface area contributed by atoms with Gasteiger partial charge in [0, 0.05) is 42.9 Å². The first-order valence-electron chi connectivity index (χ1n) is 7.34. The fourth-order valence-electron chi connectivity index (χ4n) is 2.41. The predicted molar refractivity (Wildman–Crippen MR) is 91.2 cm³/mol. The molecule has 23 heavy (non-hydrogen) atoms. The number of rotatable bonds is 5. The summed E-state index contributed by atoms with van der Waals surface area (Å²) in [5, 5.41) is 13.0. The van der Waals surface area contributed by atoms with E-state index in [1.165, 1.54) is 0 Å². The molecule has 0 unspecified atom stereocenters. The number of aromatic nitrogens is 5. The highest BCUT2D eigenvalue weighted by Crippen LogP contribution is 2.26. The van der Waals surface area contributed by atoms with Crippen LogP contribution >= 0.6 is 23.1 Å². The number of thiazole rings is 1. The first-order chi connectivity index (χ1) is 11.4. The number of nitrogens with one attached hydrogen (secondary N) is 1. The summed E-state index contributed by atoms with van der Waals surface area (Å²) in [7, 11) is 0. The van der Waals surface area contributed by atoms with Crippen LogP contribution in [0.5, 0.6) is 0 Å². The molecule has 0 amide bonds. The Labute approximate surface area is 140 Å². The molecule has 1 aliphatic rings. The molecule has 120 valence electrons. The lowest BCUT2D eigenvalue weighted by Crippen LogP contribution is -2.34. The second kappa shape index (κ2) is 6.67. The van der Waals surface area contributed by atoms with Gasteiger partial charge >= 0.3 is 0 Å². The van der Waals surface area contributed by atoms with E-state index in [2.05, 4.69) is 40.9 Å². The quantitative estimate of drug-likeness (QED) is 0.738. The third-order valence-electron chi connectivity index (χ3n) is 3.56. The molecule has 3 aromatic rings. The number of hydrogen-bond donors (Lipinski definition) is 1. The van der Waals surface area contributed by atoms with Crippen molar-refractivity contribution in [2.24, 2.45) is 0 Å². The molecule has 0 aromatic carbocycles. The Morgan fingerprint density at radius 3 is 2.78 bits per heavy atom. The van der Waals surface area contributed by atoms with Crippen LogP contribution in [0.25, 0.3) is 11.3 Å². The van der Waals surface area contributed by atoms with Crippen LogP contribution in [0.1, 0.15) is 5.69 Å². The number of hydrogen-bond acceptors (Lipinski definition) is 10. The minimum absolute atomic E-state index is 0.427. The Kier molecular flexibility index (Phi) is 4.24. The summed E-state index contributed by atoms with van der Waals surface area (Å²) in [6.07, 6.45) is 0.843. The van der Waals surface area contributed by atoms with Crippen LogP contribution in [0.4, 0.5) is 11.6 Å². The van der Waals surface area contributed by atoms with Gasteiger partial charge in [0.25, 0.3) is 0 Å². The van der Waals surface area contributed by atoms with E-state index in [1.807, 2.05) is 17.3 Å². The third kappa shape index (κ3) is 3.22. The van der Waals surface area contributed by atoms with Gasteiger partial charge in [0.1, 0.15) is 0 Å². The summed E-state index contributed by atoms with van der Waals surface area (Å²) in [6, 6.07) is 0. The van der Waals surface area contributed by atoms with Gasteiger partial charge in [-0.05, 0) is 10.3 Å². The normalized spacial score (nSPS) is 15.2. The maximum atomic E-state index is 4.74. The molecule has 1 N–H and O–H groups in total. The minimum Gasteiger partial charge on any atom is -0.367 e. The van der Waals surface area contributed by atoms with Gasteiger partial charge in [-0.15, -0.1) is 11.3 Å². The first-order valence-corrected chi connectivity index (χ1v) is 9.44. The van der Waals surface area contributed by atoms with Crippen LogP contribution in [-0.2, 0) is 6.42 Å². The molecule has 10 heteroatoms. The largest absolute Gasteiger partial charge is 0.367 e. The molecule has 3 aromatic heterocycles. The van der Waals surface area contributed by atoms with Gasteiger partial charge in [-0.1, -0.05) is 0 Å². The molecular weight excluding hydrogens is 334 g/mol. The topological polar surface area (TPSA) is 92.9 Å². The molecule has 8 nitrogen and oxygen atoms in total. The van der Waals surface area contributed by atoms with Crippen LogP contribution in [0.3, 0.4) is 0 Å². The van der Waals surface area contributed by atoms with Gasteiger partial charge in [-0.25, -0.2) is 19.6 Å². The van der Waals surface area contributed by atoms with Crippen molar-refractivity contribution in [1.82, 2.24) is 25.3 Å². The summed E-state index contributed by atoms with van der Waals surface area (Å²) in [5.74, 6) is 3.74. The van der Waals surface area contributed by atoms with Gasteiger partial charge in [-0.2, -0.15) is 11.8 Å². The van der Waals surface area contributed by atoms with Crippen molar-refractivity contribution >= 4 is 46.0 Å². The second-order valence-corrected chi connectivity index (χ2v) is 7.01. The maximum absolute atomic E-state index is 4.74. The fourth-order valence-corrected chi connectivity index (χ4v) is 3.91. The standard InChI is InChI=1S/C13H15N7OS2/c1(9-7-23-8-15-9)2-14-12-13(20-3-5-22-6-4-20)17-11-10(16-12)18-21-19-11/h7-8H,1-6H2,(H,14,16,18). The van der Waals surface area contributed by atoms with E-state index in [-0.39, 0.29) is 0 Å². The fraction of sp³-hybridized carbons (Fsp3) is 0.462. The number of thioether (sulfide) groups is 1. The van der Waals surface area contributed by atoms with Crippen LogP contribution in [-0.4, -0.2) is 56.4 Å². The van der Waals surface area contributed by atoms with Crippen molar-refractivity contribution < 1.29 is 4.63 Å². The Bertz CT molecular complexity index is 770. The maximum Gasteiger partial charge on any atom is 0.245 e. The lowest BCUT2D eigenvalue weighted by Gasteiger charge is -2.28. The van der Waals surface area contributed by atoms with Crippen molar-refractivity contribution in [2.75, 3.05) is 41.4 Å². The lowest BCUT2D eigenvalue weighted by atomic mass is 10.3. The summed E-state index contributed by atoms with van der Waals surface area (Å²) in [6.45, 7) is 2.65. The highest BCUT2D eigenvalue weighted by atomic mass is 32.2. The lowest BCUT2D eigenvalue weighted by molar-refractivity contribution is 0.314. The molecule has 0 bridgehead atoms. The molecular formula is C13H15N7OS2. The number of fused-ring (bicyclic) bond motifs is 1. The third-order valence-corrected chi connectivity index (χ3v) is 5.14. The molecule has 1 fully saturated rings. The van der Waals surface area contributed by atoms with Gasteiger partial charge in [0.15, 0.2) is 11.6 Å². The molecule has 0 atom stereocenters. The average molecular weight is 349 g/mol. The van der Waals surface area contributed by atoms with E-state index >= 15 is 0 Å². The van der Waals surface area contributed by atoms with Gasteiger partial charge < -0.3 is 10.2 Å². The van der Waals surface area contributed by atoms with E-state index in [9.17, 15) is 0 Å². The SMILES string of the molecule is c1nc(CCNc2nc3nonc3nc2N2CCSCC2)cs1. The van der Waals surface area contributed by atoms with Crippen molar-refractivity contribution in [2.45, 2.75) is 6.42 Å². The summed E-state index contributed by atoms with van der Waals surface area (Å²) >= 11 is 3.56. The molecule has 1 saturated heterocycles. The van der Waals surface area contributed by atoms with Crippen molar-refractivity contribution in [3.05, 3.63) is 16.6 Å². The Balaban J connectivity index is 1.57. The molecule has 0 spiro atoms. The van der Waals surface area contributed by atoms with Crippen molar-refractivity contribution in [3.8, 4) is 0 Å². The van der Waals surface area contributed by atoms with E-state index in [4.69, 9.17) is 4.63 Å². The number of nitrogens with zero attached hydrogens (tertiary/aromatic N) is 6. The van der Waals surface area contributed by atoms with Gasteiger partial charge in [0.2, 0.25) is 11.3 Å². The van der Waals surface area contributed by atoms with E-state index in [0.717, 1.165) is 54.9 Å². The Morgan fingerprint density at radius 1 is 1.17 bits per heavy atom. The zero-order valence-electron chi connectivity index (χ0n) is 12.3. The van der Waals surface area contributed by atoms with E-state index in [0.29, 0.717) is 11.3 Å². The van der Waals surface area contributed by atoms with E-state index in [1.54, 1.807) is 11.3 Å². The first kappa shape index (κ1) is 14.6. The molecule has 0 saturated carbocycles. The zero-order valence-corrected chi connectivity index (χ0v) is 13.9. The molecule has 4 heterocycles. The van der Waals surface area contributed by atoms with Crippen LogP contribution in [0.15, 0.2) is 15.5 Å². The summed E-state index contributed by atoms with van der Waals surface area (Å²) < 4.78 is 4.74. The summed E-state index contributed by atoms with van der Waals surface area (Å²) in [4.78, 5) is 15.6. The Morgan fingerprint density at radius 2 is 2.00 bits per heavy atom. The second-order valence-electron chi connectivity index (χ2n) is 5.06. The van der Waals surface area contributed by atoms with E-state index < -0.39 is 0 Å². The van der Waals surface area contributed by atoms with Crippen LogP contribution in [0, 0.1) is 0 Å². The van der Waals surface area contributed by atoms with Crippen molar-refractivity contribution in [1.29, 1.82) is 0 Å². The average Bonchev–Trinajstić information content (AvgIpc) is 3.26. The zero-order chi connectivity index (χ0) is 15.5. The van der Waals surface area contributed by atoms with Gasteiger partial charge in [-0.3, -0.25) is 0 Å². The molecule has 4 rings (SSSR count). The number of anilines is 2. The summed E-state index contributed by atoms with van der Waals surface area (Å²) in [5.41, 5.74) is 3.80. The minimum atomic E-state index is 0.427. The molecule has 1 aliphatic heterocycles. The molecule has 0 radical (unpaired) electrons. The highest BCUT2D eigenvalue weighted by Gasteiger charge is 2.20. The Hall–Kier alpha value is -1.94. The van der Waals surface area contributed by atoms with Crippen molar-refractivity contribution in [3.63, 3.8) is 0 Å². The molecule has 0 aliphatic carbocycles. The monoisotopic (exact) mass is 349 g/mol. The smallest absolute Gasteiger partial charge is 0.245 e. The highest BCUT2D eigenvalue weighted by molar-refractivity contribution is 7.99.